The molecule has 0 atom stereocenters. The van der Waals surface area contributed by atoms with E-state index in [9.17, 15) is 9.59 Å². The van der Waals surface area contributed by atoms with Crippen LogP contribution in [-0.2, 0) is 5.41 Å². The molecular weight excluding hydrogens is 292 g/mol. The highest BCUT2D eigenvalue weighted by molar-refractivity contribution is 5.52. The van der Waals surface area contributed by atoms with E-state index in [0.29, 0.717) is 5.69 Å². The molecular formula is C18H26N2O3. The Labute approximate surface area is 136 Å². The lowest BCUT2D eigenvalue weighted by atomic mass is 9.85. The van der Waals surface area contributed by atoms with Gasteiger partial charge >= 0.3 is 5.69 Å². The van der Waals surface area contributed by atoms with Crippen molar-refractivity contribution in [3.8, 4) is 11.4 Å². The van der Waals surface area contributed by atoms with Gasteiger partial charge in [0.05, 0.1) is 12.8 Å². The number of methoxy groups -OCH3 is 1. The van der Waals surface area contributed by atoms with Crippen molar-refractivity contribution in [2.45, 2.75) is 47.0 Å². The Hall–Kier alpha value is -2.30. The zero-order chi connectivity index (χ0) is 17.8. The molecule has 0 radical (unpaired) electrons. The van der Waals surface area contributed by atoms with E-state index in [4.69, 9.17) is 4.74 Å². The average molecular weight is 318 g/mol. The van der Waals surface area contributed by atoms with E-state index in [0.717, 1.165) is 16.9 Å². The van der Waals surface area contributed by atoms with Crippen molar-refractivity contribution in [1.82, 2.24) is 9.55 Å². The highest BCUT2D eigenvalue weighted by atomic mass is 16.5. The van der Waals surface area contributed by atoms with E-state index in [1.54, 1.807) is 7.11 Å². The lowest BCUT2D eigenvalue weighted by Gasteiger charge is -2.24. The van der Waals surface area contributed by atoms with Gasteiger partial charge in [0.25, 0.3) is 5.56 Å². The Morgan fingerprint density at radius 3 is 2.22 bits per heavy atom. The number of nitrogens with one attached hydrogen (secondary N) is 1. The molecule has 1 heterocycles. The van der Waals surface area contributed by atoms with E-state index >= 15 is 0 Å². The topological polar surface area (TPSA) is 64.1 Å². The van der Waals surface area contributed by atoms with Crippen LogP contribution in [0.1, 0.15) is 45.7 Å². The molecule has 0 saturated heterocycles. The molecule has 0 saturated carbocycles. The molecule has 0 spiro atoms. The number of H-pyrrole nitrogens is 1. The molecule has 126 valence electrons. The minimum absolute atomic E-state index is 0.127. The van der Waals surface area contributed by atoms with Gasteiger partial charge in [0.1, 0.15) is 5.75 Å². The highest BCUT2D eigenvalue weighted by Crippen LogP contribution is 2.35. The van der Waals surface area contributed by atoms with Gasteiger partial charge in [-0.3, -0.25) is 14.3 Å². The Morgan fingerprint density at radius 1 is 1.13 bits per heavy atom. The van der Waals surface area contributed by atoms with Crippen molar-refractivity contribution < 1.29 is 4.74 Å². The molecule has 0 unspecified atom stereocenters. The Kier molecular flexibility index (Phi) is 5.96. The predicted octanol–water partition coefficient (Wildman–Crippen LogP) is 3.17. The molecule has 5 nitrogen and oxygen atoms in total. The standard InChI is InChI=1S/C16H20N2O3.C2H6/c1-10-8-11(18-7-6-13(19)17-15(18)20)9-12(14(10)21-5)16(2,3)4;1-2/h6-9H,1-5H3,(H,17,19,20);1-2H3. The van der Waals surface area contributed by atoms with Crippen molar-refractivity contribution in [1.29, 1.82) is 0 Å². The normalized spacial score (nSPS) is 10.7. The predicted molar refractivity (Wildman–Crippen MR) is 94.0 cm³/mol. The van der Waals surface area contributed by atoms with Crippen LogP contribution in [-0.4, -0.2) is 16.7 Å². The van der Waals surface area contributed by atoms with Crippen LogP contribution in [0.5, 0.6) is 5.75 Å². The van der Waals surface area contributed by atoms with Crippen molar-refractivity contribution in [2.24, 2.45) is 0 Å². The molecule has 0 aliphatic carbocycles. The zero-order valence-corrected chi connectivity index (χ0v) is 15.0. The number of rotatable bonds is 2. The molecule has 2 aromatic rings. The number of benzene rings is 1. The summed E-state index contributed by atoms with van der Waals surface area (Å²) < 4.78 is 6.92. The van der Waals surface area contributed by atoms with Crippen LogP contribution >= 0.6 is 0 Å². The fourth-order valence-electron chi connectivity index (χ4n) is 2.34. The molecule has 23 heavy (non-hydrogen) atoms. The van der Waals surface area contributed by atoms with Gasteiger partial charge in [-0.15, -0.1) is 0 Å². The molecule has 0 aliphatic heterocycles. The third kappa shape index (κ3) is 4.12. The second-order valence-corrected chi connectivity index (χ2v) is 6.07. The van der Waals surface area contributed by atoms with Gasteiger partial charge in [-0.25, -0.2) is 4.79 Å². The summed E-state index contributed by atoms with van der Waals surface area (Å²) in [6.45, 7) is 12.2. The van der Waals surface area contributed by atoms with E-state index in [1.165, 1.54) is 16.8 Å². The Bertz CT molecular complexity index is 780. The minimum atomic E-state index is -0.452. The van der Waals surface area contributed by atoms with Crippen LogP contribution in [0, 0.1) is 6.92 Å². The summed E-state index contributed by atoms with van der Waals surface area (Å²) in [4.78, 5) is 25.4. The van der Waals surface area contributed by atoms with E-state index in [1.807, 2.05) is 32.9 Å². The first-order valence-electron chi connectivity index (χ1n) is 7.75. The largest absolute Gasteiger partial charge is 0.496 e. The summed E-state index contributed by atoms with van der Waals surface area (Å²) in [5, 5.41) is 0. The fourth-order valence-corrected chi connectivity index (χ4v) is 2.34. The zero-order valence-electron chi connectivity index (χ0n) is 15.0. The van der Waals surface area contributed by atoms with Gasteiger partial charge < -0.3 is 4.74 Å². The second kappa shape index (κ2) is 7.31. The summed E-state index contributed by atoms with van der Waals surface area (Å²) in [5.41, 5.74) is 1.68. The molecule has 0 aliphatic rings. The third-order valence-corrected chi connectivity index (χ3v) is 3.37. The average Bonchev–Trinajstić information content (AvgIpc) is 2.47. The highest BCUT2D eigenvalue weighted by Gasteiger charge is 2.21. The fraction of sp³-hybridized carbons (Fsp3) is 0.444. The van der Waals surface area contributed by atoms with Crippen molar-refractivity contribution in [2.75, 3.05) is 7.11 Å². The van der Waals surface area contributed by atoms with E-state index < -0.39 is 11.2 Å². The lowest BCUT2D eigenvalue weighted by Crippen LogP contribution is -2.27. The molecule has 2 rings (SSSR count). The summed E-state index contributed by atoms with van der Waals surface area (Å²) >= 11 is 0. The van der Waals surface area contributed by atoms with Crippen molar-refractivity contribution >= 4 is 0 Å². The van der Waals surface area contributed by atoms with Gasteiger partial charge in [0, 0.05) is 17.8 Å². The summed E-state index contributed by atoms with van der Waals surface area (Å²) in [7, 11) is 1.64. The number of hydrogen-bond donors (Lipinski definition) is 1. The Morgan fingerprint density at radius 2 is 1.74 bits per heavy atom. The van der Waals surface area contributed by atoms with Crippen molar-refractivity contribution in [3.05, 3.63) is 56.4 Å². The molecule has 0 amide bonds. The third-order valence-electron chi connectivity index (χ3n) is 3.37. The number of aromatic amines is 1. The van der Waals surface area contributed by atoms with Gasteiger partial charge in [-0.05, 0) is 30.0 Å². The molecule has 1 aromatic heterocycles. The first-order valence-corrected chi connectivity index (χ1v) is 7.75. The van der Waals surface area contributed by atoms with Gasteiger partial charge in [-0.2, -0.15) is 0 Å². The summed E-state index contributed by atoms with van der Waals surface area (Å²) in [6, 6.07) is 5.12. The number of hydrogen-bond acceptors (Lipinski definition) is 3. The van der Waals surface area contributed by atoms with Crippen LogP contribution in [0.4, 0.5) is 0 Å². The maximum atomic E-state index is 11.9. The number of aromatic nitrogens is 2. The first-order chi connectivity index (χ1) is 10.7. The molecule has 0 bridgehead atoms. The van der Waals surface area contributed by atoms with Gasteiger partial charge in [0.15, 0.2) is 0 Å². The molecule has 1 aromatic carbocycles. The van der Waals surface area contributed by atoms with E-state index in [2.05, 4.69) is 25.8 Å². The monoisotopic (exact) mass is 318 g/mol. The lowest BCUT2D eigenvalue weighted by molar-refractivity contribution is 0.394. The number of nitrogens with zero attached hydrogens (tertiary/aromatic N) is 1. The van der Waals surface area contributed by atoms with Crippen LogP contribution in [0.2, 0.25) is 0 Å². The van der Waals surface area contributed by atoms with Crippen molar-refractivity contribution in [3.63, 3.8) is 0 Å². The first kappa shape index (κ1) is 18.7. The summed E-state index contributed by atoms with van der Waals surface area (Å²) in [5.74, 6) is 0.823. The Balaban J connectivity index is 0.00000127. The van der Waals surface area contributed by atoms with Crippen LogP contribution in [0.15, 0.2) is 34.0 Å². The maximum absolute atomic E-state index is 11.9. The second-order valence-electron chi connectivity index (χ2n) is 6.07. The summed E-state index contributed by atoms with van der Waals surface area (Å²) in [6.07, 6.45) is 1.48. The molecule has 0 fully saturated rings. The molecule has 5 heteroatoms. The smallest absolute Gasteiger partial charge is 0.332 e. The van der Waals surface area contributed by atoms with Gasteiger partial charge in [-0.1, -0.05) is 34.6 Å². The van der Waals surface area contributed by atoms with Crippen LogP contribution in [0.3, 0.4) is 0 Å². The van der Waals surface area contributed by atoms with Crippen LogP contribution < -0.4 is 16.0 Å². The van der Waals surface area contributed by atoms with Gasteiger partial charge in [0.2, 0.25) is 0 Å². The SMILES string of the molecule is CC.COc1c(C)cc(-n2ccc(=O)[nH]c2=O)cc1C(C)(C)C. The minimum Gasteiger partial charge on any atom is -0.496 e. The van der Waals surface area contributed by atoms with E-state index in [-0.39, 0.29) is 5.41 Å². The van der Waals surface area contributed by atoms with Crippen LogP contribution in [0.25, 0.3) is 5.69 Å². The number of ether oxygens (including phenoxy) is 1. The quantitative estimate of drug-likeness (QED) is 0.925. The molecule has 1 N–H and O–H groups in total. The maximum Gasteiger partial charge on any atom is 0.332 e. The number of aryl methyl sites for hydroxylation is 1.